The number of ketones is 1. The van der Waals surface area contributed by atoms with Crippen LogP contribution in [0.1, 0.15) is 23.1 Å². The van der Waals surface area contributed by atoms with Crippen LogP contribution in [0.25, 0.3) is 16.8 Å². The molecule has 7 heteroatoms. The Morgan fingerprint density at radius 3 is 2.47 bits per heavy atom. The molecule has 3 heterocycles. The molecule has 0 aliphatic carbocycles. The van der Waals surface area contributed by atoms with Gasteiger partial charge in [0.25, 0.3) is 5.78 Å². The number of aliphatic hydroxyl groups excluding tert-OH is 1. The fraction of sp³-hybridized carbons (Fsp3) is 0.0870. The number of carbonyl (C=O) groups excluding carboxylic acids is 2. The number of furan rings is 1. The van der Waals surface area contributed by atoms with Gasteiger partial charge in [-0.2, -0.15) is 0 Å². The highest BCUT2D eigenvalue weighted by Gasteiger charge is 2.49. The van der Waals surface area contributed by atoms with Crippen molar-refractivity contribution in [2.75, 3.05) is 4.90 Å². The normalized spacial score (nSPS) is 18.4. The zero-order valence-electron chi connectivity index (χ0n) is 16.0. The maximum absolute atomic E-state index is 13.0. The Kier molecular flexibility index (Phi) is 4.03. The van der Waals surface area contributed by atoms with Gasteiger partial charge < -0.3 is 14.5 Å². The molecule has 1 amide bonds. The number of benzene rings is 2. The highest BCUT2D eigenvalue weighted by molar-refractivity contribution is 6.51. The van der Waals surface area contributed by atoms with Crippen molar-refractivity contribution in [3.05, 3.63) is 89.4 Å². The number of carbonyl (C=O) groups is 2. The van der Waals surface area contributed by atoms with Gasteiger partial charge >= 0.3 is 5.91 Å². The SMILES string of the molecule is Cc1ccc(C2/C(=C(\O)c3ccccc3)C(=O)C(=O)N2c2nc3ccccc3[nH]2)o1. The van der Waals surface area contributed by atoms with E-state index in [9.17, 15) is 14.7 Å². The number of amides is 1. The van der Waals surface area contributed by atoms with E-state index in [0.29, 0.717) is 22.6 Å². The Balaban J connectivity index is 1.74. The maximum Gasteiger partial charge on any atom is 0.302 e. The molecule has 1 unspecified atom stereocenters. The highest BCUT2D eigenvalue weighted by atomic mass is 16.3. The fourth-order valence-electron chi connectivity index (χ4n) is 3.73. The van der Waals surface area contributed by atoms with Crippen molar-refractivity contribution in [1.29, 1.82) is 0 Å². The van der Waals surface area contributed by atoms with Crippen molar-refractivity contribution >= 4 is 34.4 Å². The smallest absolute Gasteiger partial charge is 0.302 e. The minimum atomic E-state index is -0.945. The van der Waals surface area contributed by atoms with E-state index in [4.69, 9.17) is 4.42 Å². The Labute approximate surface area is 171 Å². The fourth-order valence-corrected chi connectivity index (χ4v) is 3.73. The molecule has 0 spiro atoms. The topological polar surface area (TPSA) is 99.4 Å². The summed E-state index contributed by atoms with van der Waals surface area (Å²) < 4.78 is 5.77. The Morgan fingerprint density at radius 2 is 1.77 bits per heavy atom. The van der Waals surface area contributed by atoms with Crippen LogP contribution in [0.5, 0.6) is 0 Å². The molecule has 2 N–H and O–H groups in total. The van der Waals surface area contributed by atoms with E-state index in [1.54, 1.807) is 49.4 Å². The van der Waals surface area contributed by atoms with Crippen LogP contribution < -0.4 is 4.90 Å². The van der Waals surface area contributed by atoms with Crippen molar-refractivity contribution in [2.45, 2.75) is 13.0 Å². The average molecular weight is 399 g/mol. The van der Waals surface area contributed by atoms with Crippen molar-refractivity contribution in [1.82, 2.24) is 9.97 Å². The number of hydrogen-bond acceptors (Lipinski definition) is 5. The molecule has 5 rings (SSSR count). The number of fused-ring (bicyclic) bond motifs is 1. The van der Waals surface area contributed by atoms with E-state index in [1.165, 1.54) is 4.90 Å². The molecule has 1 saturated heterocycles. The molecule has 4 aromatic rings. The summed E-state index contributed by atoms with van der Waals surface area (Å²) in [5.41, 5.74) is 1.79. The number of Topliss-reactive ketones (excluding diaryl/α,β-unsaturated/α-hetero) is 1. The Bertz CT molecular complexity index is 1280. The molecule has 7 nitrogen and oxygen atoms in total. The molecule has 2 aromatic heterocycles. The van der Waals surface area contributed by atoms with Gasteiger partial charge in [0.1, 0.15) is 23.3 Å². The molecule has 2 aromatic carbocycles. The first-order valence-corrected chi connectivity index (χ1v) is 9.42. The van der Waals surface area contributed by atoms with E-state index >= 15 is 0 Å². The second-order valence-corrected chi connectivity index (χ2v) is 7.06. The first-order chi connectivity index (χ1) is 14.5. The van der Waals surface area contributed by atoms with Gasteiger partial charge in [-0.25, -0.2) is 4.98 Å². The summed E-state index contributed by atoms with van der Waals surface area (Å²) in [6.45, 7) is 1.77. The third kappa shape index (κ3) is 2.71. The van der Waals surface area contributed by atoms with Crippen LogP contribution in [0.15, 0.2) is 76.7 Å². The molecule has 1 atom stereocenters. The number of imidazole rings is 1. The monoisotopic (exact) mass is 399 g/mol. The summed E-state index contributed by atoms with van der Waals surface area (Å²) in [6.07, 6.45) is 0. The first-order valence-electron chi connectivity index (χ1n) is 9.42. The lowest BCUT2D eigenvalue weighted by Crippen LogP contribution is -2.30. The summed E-state index contributed by atoms with van der Waals surface area (Å²) in [7, 11) is 0. The number of H-pyrrole nitrogens is 1. The van der Waals surface area contributed by atoms with Crippen LogP contribution in [-0.2, 0) is 9.59 Å². The number of para-hydroxylation sites is 2. The first kappa shape index (κ1) is 17.9. The second-order valence-electron chi connectivity index (χ2n) is 7.06. The van der Waals surface area contributed by atoms with Gasteiger partial charge in [0.2, 0.25) is 5.95 Å². The molecule has 0 bridgehead atoms. The maximum atomic E-state index is 13.0. The molecule has 148 valence electrons. The van der Waals surface area contributed by atoms with Gasteiger partial charge in [0, 0.05) is 5.56 Å². The minimum Gasteiger partial charge on any atom is -0.507 e. The van der Waals surface area contributed by atoms with Gasteiger partial charge in [-0.15, -0.1) is 0 Å². The molecule has 1 aliphatic rings. The number of nitrogens with one attached hydrogen (secondary N) is 1. The standard InChI is InChI=1S/C23H17N3O4/c1-13-11-12-17(30-13)19-18(20(27)14-7-3-2-4-8-14)21(28)22(29)26(19)23-24-15-9-5-6-10-16(15)25-23/h2-12,19,27H,1H3,(H,24,25)/b20-18+. The van der Waals surface area contributed by atoms with Gasteiger partial charge in [0.15, 0.2) is 0 Å². The molecule has 0 radical (unpaired) electrons. The third-order valence-electron chi connectivity index (χ3n) is 5.13. The van der Waals surface area contributed by atoms with E-state index in [2.05, 4.69) is 9.97 Å². The van der Waals surface area contributed by atoms with Crippen LogP contribution >= 0.6 is 0 Å². The summed E-state index contributed by atoms with van der Waals surface area (Å²) >= 11 is 0. The largest absolute Gasteiger partial charge is 0.507 e. The molecule has 1 fully saturated rings. The summed E-state index contributed by atoms with van der Waals surface area (Å²) in [6, 6.07) is 18.5. The van der Waals surface area contributed by atoms with Gasteiger partial charge in [-0.05, 0) is 31.2 Å². The highest BCUT2D eigenvalue weighted by Crippen LogP contribution is 2.42. The van der Waals surface area contributed by atoms with Crippen molar-refractivity contribution in [2.24, 2.45) is 0 Å². The van der Waals surface area contributed by atoms with Crippen molar-refractivity contribution in [3.63, 3.8) is 0 Å². The predicted octanol–water partition coefficient (Wildman–Crippen LogP) is 4.09. The number of aryl methyl sites for hydroxylation is 1. The number of aliphatic hydroxyl groups is 1. The zero-order valence-corrected chi connectivity index (χ0v) is 16.0. The number of aromatic amines is 1. The molecule has 0 saturated carbocycles. The third-order valence-corrected chi connectivity index (χ3v) is 5.13. The van der Waals surface area contributed by atoms with Gasteiger partial charge in [0.05, 0.1) is 16.6 Å². The lowest BCUT2D eigenvalue weighted by molar-refractivity contribution is -0.132. The van der Waals surface area contributed by atoms with Crippen LogP contribution in [-0.4, -0.2) is 26.8 Å². The Morgan fingerprint density at radius 1 is 1.03 bits per heavy atom. The lowest BCUT2D eigenvalue weighted by atomic mass is 9.99. The summed E-state index contributed by atoms with van der Waals surface area (Å²) in [4.78, 5) is 34.9. The van der Waals surface area contributed by atoms with E-state index in [-0.39, 0.29) is 17.3 Å². The van der Waals surface area contributed by atoms with Crippen LogP contribution in [0, 0.1) is 6.92 Å². The summed E-state index contributed by atoms with van der Waals surface area (Å²) in [5, 5.41) is 11.0. The van der Waals surface area contributed by atoms with Crippen LogP contribution in [0.3, 0.4) is 0 Å². The number of aromatic nitrogens is 2. The van der Waals surface area contributed by atoms with E-state index in [0.717, 1.165) is 5.52 Å². The predicted molar refractivity (Wildman–Crippen MR) is 111 cm³/mol. The minimum absolute atomic E-state index is 0.0407. The number of rotatable bonds is 3. The van der Waals surface area contributed by atoms with Crippen molar-refractivity contribution in [3.8, 4) is 0 Å². The van der Waals surface area contributed by atoms with Gasteiger partial charge in [-0.1, -0.05) is 42.5 Å². The number of hydrogen-bond donors (Lipinski definition) is 2. The van der Waals surface area contributed by atoms with E-state index < -0.39 is 17.7 Å². The van der Waals surface area contributed by atoms with Gasteiger partial charge in [-0.3, -0.25) is 14.5 Å². The lowest BCUT2D eigenvalue weighted by Gasteiger charge is -2.20. The quantitative estimate of drug-likeness (QED) is 0.307. The Hall–Kier alpha value is -4.13. The number of anilines is 1. The molecule has 30 heavy (non-hydrogen) atoms. The zero-order chi connectivity index (χ0) is 20.8. The number of nitrogens with zero attached hydrogens (tertiary/aromatic N) is 2. The molecule has 1 aliphatic heterocycles. The van der Waals surface area contributed by atoms with Crippen LogP contribution in [0.4, 0.5) is 5.95 Å². The molecular weight excluding hydrogens is 382 g/mol. The van der Waals surface area contributed by atoms with E-state index in [1.807, 2.05) is 24.3 Å². The molecular formula is C23H17N3O4. The summed E-state index contributed by atoms with van der Waals surface area (Å²) in [5.74, 6) is -0.637. The second kappa shape index (κ2) is 6.73. The van der Waals surface area contributed by atoms with Crippen LogP contribution in [0.2, 0.25) is 0 Å². The van der Waals surface area contributed by atoms with Crippen molar-refractivity contribution < 1.29 is 19.1 Å². The average Bonchev–Trinajstić information content (AvgIpc) is 3.44.